The second-order valence-electron chi connectivity index (χ2n) is 8.21. The van der Waals surface area contributed by atoms with Gasteiger partial charge < -0.3 is 14.8 Å². The lowest BCUT2D eigenvalue weighted by Gasteiger charge is -2.35. The molecule has 3 heterocycles. The number of piperazine rings is 1. The second-order valence-corrected chi connectivity index (χ2v) is 8.21. The molecule has 1 N–H and O–H groups in total. The van der Waals surface area contributed by atoms with Crippen molar-refractivity contribution in [3.8, 4) is 0 Å². The van der Waals surface area contributed by atoms with Gasteiger partial charge in [-0.05, 0) is 38.1 Å². The molecule has 1 aromatic carbocycles. The minimum atomic E-state index is -0.807. The van der Waals surface area contributed by atoms with E-state index in [0.29, 0.717) is 18.8 Å². The summed E-state index contributed by atoms with van der Waals surface area (Å²) in [5.74, 6) is -0.467. The number of para-hydroxylation sites is 1. The van der Waals surface area contributed by atoms with E-state index in [4.69, 9.17) is 0 Å². The van der Waals surface area contributed by atoms with E-state index in [-0.39, 0.29) is 18.2 Å². The lowest BCUT2D eigenvalue weighted by molar-refractivity contribution is -0.135. The largest absolute Gasteiger partial charge is 0.348 e. The molecule has 31 heavy (non-hydrogen) atoms. The third-order valence-corrected chi connectivity index (χ3v) is 6.19. The number of benzene rings is 1. The summed E-state index contributed by atoms with van der Waals surface area (Å²) in [6.07, 6.45) is -0.00430. The first-order chi connectivity index (χ1) is 14.9. The third-order valence-electron chi connectivity index (χ3n) is 6.19. The number of aromatic nitrogens is 1. The van der Waals surface area contributed by atoms with Crippen molar-refractivity contribution in [2.24, 2.45) is 0 Å². The van der Waals surface area contributed by atoms with Crippen LogP contribution in [0.2, 0.25) is 0 Å². The first kappa shape index (κ1) is 21.1. The molecule has 0 unspecified atom stereocenters. The van der Waals surface area contributed by atoms with Crippen LogP contribution < -0.4 is 10.2 Å². The number of nitrogens with zero attached hydrogens (tertiary/aromatic N) is 4. The summed E-state index contributed by atoms with van der Waals surface area (Å²) in [5, 5.41) is 2.65. The van der Waals surface area contributed by atoms with Gasteiger partial charge in [-0.3, -0.25) is 14.5 Å². The summed E-state index contributed by atoms with van der Waals surface area (Å²) in [7, 11) is 0. The molecule has 2 aliphatic rings. The normalized spacial score (nSPS) is 19.7. The van der Waals surface area contributed by atoms with Crippen LogP contribution in [0.15, 0.2) is 42.5 Å². The van der Waals surface area contributed by atoms with E-state index in [1.54, 1.807) is 29.2 Å². The van der Waals surface area contributed by atoms with Gasteiger partial charge in [0.25, 0.3) is 5.91 Å². The van der Waals surface area contributed by atoms with Crippen molar-refractivity contribution < 1.29 is 14.4 Å². The smallest absolute Gasteiger partial charge is 0.329 e. The number of aryl methyl sites for hydroxylation is 2. The molecule has 0 bridgehead atoms. The Kier molecular flexibility index (Phi) is 6.08. The minimum Gasteiger partial charge on any atom is -0.348 e. The van der Waals surface area contributed by atoms with E-state index in [2.05, 4.69) is 40.8 Å². The molecule has 2 saturated heterocycles. The van der Waals surface area contributed by atoms with E-state index in [1.165, 1.54) is 11.4 Å². The molecule has 2 aliphatic heterocycles. The maximum Gasteiger partial charge on any atom is 0.329 e. The van der Waals surface area contributed by atoms with Gasteiger partial charge in [-0.25, -0.2) is 9.69 Å². The molecular formula is C23H29N5O3. The third kappa shape index (κ3) is 4.49. The zero-order valence-corrected chi connectivity index (χ0v) is 18.1. The van der Waals surface area contributed by atoms with E-state index in [0.717, 1.165) is 31.1 Å². The van der Waals surface area contributed by atoms with Crippen LogP contribution in [-0.4, -0.2) is 71.0 Å². The molecule has 8 heteroatoms. The van der Waals surface area contributed by atoms with Crippen LogP contribution in [0.5, 0.6) is 0 Å². The molecule has 4 amide bonds. The van der Waals surface area contributed by atoms with Gasteiger partial charge in [0.15, 0.2) is 0 Å². The maximum absolute atomic E-state index is 12.8. The second kappa shape index (κ2) is 8.93. The minimum absolute atomic E-state index is 0.00430. The van der Waals surface area contributed by atoms with Gasteiger partial charge in [0, 0.05) is 50.7 Å². The van der Waals surface area contributed by atoms with Crippen molar-refractivity contribution in [2.45, 2.75) is 32.9 Å². The van der Waals surface area contributed by atoms with E-state index in [1.807, 2.05) is 6.07 Å². The number of carbonyl (C=O) groups excluding carboxylic acids is 3. The molecule has 164 valence electrons. The molecule has 2 aromatic rings. The lowest BCUT2D eigenvalue weighted by atomic mass is 10.1. The zero-order chi connectivity index (χ0) is 22.0. The predicted molar refractivity (Wildman–Crippen MR) is 118 cm³/mol. The summed E-state index contributed by atoms with van der Waals surface area (Å²) in [6.45, 7) is 9.02. The summed E-state index contributed by atoms with van der Waals surface area (Å²) in [5.41, 5.74) is 3.04. The monoisotopic (exact) mass is 423 g/mol. The number of imide groups is 1. The standard InChI is InChI=1S/C23H29N5O3/c1-17-8-9-18(2)27(17)15-12-25-10-13-26(14-11-25)21(29)16-20-22(30)28(23(31)24-20)19-6-4-3-5-7-19/h3-9,20H,10-16H2,1-2H3,(H,24,31)/t20-/m1/s1. The van der Waals surface area contributed by atoms with Crippen LogP contribution in [0.1, 0.15) is 17.8 Å². The SMILES string of the molecule is Cc1ccc(C)n1CCN1CCN(C(=O)C[C@H]2NC(=O)N(c3ccccc3)C2=O)CC1. The van der Waals surface area contributed by atoms with Crippen LogP contribution in [0.4, 0.5) is 10.5 Å². The van der Waals surface area contributed by atoms with Crippen LogP contribution >= 0.6 is 0 Å². The highest BCUT2D eigenvalue weighted by Crippen LogP contribution is 2.20. The zero-order valence-electron chi connectivity index (χ0n) is 18.1. The Morgan fingerprint density at radius 3 is 2.23 bits per heavy atom. The summed E-state index contributed by atoms with van der Waals surface area (Å²) in [4.78, 5) is 43.0. The Labute approximate surface area is 182 Å². The van der Waals surface area contributed by atoms with Crippen molar-refractivity contribution >= 4 is 23.5 Å². The van der Waals surface area contributed by atoms with Crippen molar-refractivity contribution in [3.05, 3.63) is 53.9 Å². The van der Waals surface area contributed by atoms with Gasteiger partial charge in [0.1, 0.15) is 6.04 Å². The molecule has 0 radical (unpaired) electrons. The van der Waals surface area contributed by atoms with E-state index in [9.17, 15) is 14.4 Å². The van der Waals surface area contributed by atoms with Gasteiger partial charge in [-0.1, -0.05) is 18.2 Å². The highest BCUT2D eigenvalue weighted by atomic mass is 16.2. The number of anilines is 1. The number of urea groups is 1. The van der Waals surface area contributed by atoms with Crippen LogP contribution in [0.3, 0.4) is 0 Å². The number of carbonyl (C=O) groups is 3. The fourth-order valence-electron chi connectivity index (χ4n) is 4.31. The quantitative estimate of drug-likeness (QED) is 0.719. The first-order valence-corrected chi connectivity index (χ1v) is 10.8. The van der Waals surface area contributed by atoms with Gasteiger partial charge in [0.05, 0.1) is 12.1 Å². The molecule has 1 atom stereocenters. The molecule has 0 spiro atoms. The highest BCUT2D eigenvalue weighted by Gasteiger charge is 2.40. The van der Waals surface area contributed by atoms with E-state index < -0.39 is 12.1 Å². The predicted octanol–water partition coefficient (Wildman–Crippen LogP) is 1.76. The summed E-state index contributed by atoms with van der Waals surface area (Å²) >= 11 is 0. The average Bonchev–Trinajstić information content (AvgIpc) is 3.24. The summed E-state index contributed by atoms with van der Waals surface area (Å²) in [6, 6.07) is 11.8. The van der Waals surface area contributed by atoms with Crippen molar-refractivity contribution in [1.82, 2.24) is 19.7 Å². The van der Waals surface area contributed by atoms with Crippen molar-refractivity contribution in [1.29, 1.82) is 0 Å². The maximum atomic E-state index is 12.8. The average molecular weight is 424 g/mol. The topological polar surface area (TPSA) is 77.9 Å². The Morgan fingerprint density at radius 2 is 1.58 bits per heavy atom. The summed E-state index contributed by atoms with van der Waals surface area (Å²) < 4.78 is 2.31. The van der Waals surface area contributed by atoms with Gasteiger partial charge in [-0.15, -0.1) is 0 Å². The Bertz CT molecular complexity index is 943. The Hall–Kier alpha value is -3.13. The first-order valence-electron chi connectivity index (χ1n) is 10.8. The van der Waals surface area contributed by atoms with E-state index >= 15 is 0 Å². The lowest BCUT2D eigenvalue weighted by Crippen LogP contribution is -2.50. The molecule has 0 aliphatic carbocycles. The van der Waals surface area contributed by atoms with Crippen molar-refractivity contribution in [3.63, 3.8) is 0 Å². The fraction of sp³-hybridized carbons (Fsp3) is 0.435. The van der Waals surface area contributed by atoms with Gasteiger partial charge in [-0.2, -0.15) is 0 Å². The van der Waals surface area contributed by atoms with Gasteiger partial charge >= 0.3 is 6.03 Å². The Balaban J connectivity index is 1.27. The number of hydrogen-bond donors (Lipinski definition) is 1. The molecule has 1 aromatic heterocycles. The molecular weight excluding hydrogens is 394 g/mol. The number of amides is 4. The van der Waals surface area contributed by atoms with Crippen LogP contribution in [0, 0.1) is 13.8 Å². The Morgan fingerprint density at radius 1 is 0.935 bits per heavy atom. The number of rotatable bonds is 6. The number of hydrogen-bond acceptors (Lipinski definition) is 4. The highest BCUT2D eigenvalue weighted by molar-refractivity contribution is 6.22. The fourth-order valence-corrected chi connectivity index (χ4v) is 4.31. The van der Waals surface area contributed by atoms with Crippen molar-refractivity contribution in [2.75, 3.05) is 37.6 Å². The molecule has 0 saturated carbocycles. The van der Waals surface area contributed by atoms with Crippen LogP contribution in [-0.2, 0) is 16.1 Å². The van der Waals surface area contributed by atoms with Gasteiger partial charge in [0.2, 0.25) is 5.91 Å². The molecule has 4 rings (SSSR count). The number of nitrogens with one attached hydrogen (secondary N) is 1. The molecule has 8 nitrogen and oxygen atoms in total. The van der Waals surface area contributed by atoms with Crippen LogP contribution in [0.25, 0.3) is 0 Å². The molecule has 2 fully saturated rings.